The Morgan fingerprint density at radius 3 is 2.38 bits per heavy atom. The average molecular weight is 330 g/mol. The second kappa shape index (κ2) is 9.58. The summed E-state index contributed by atoms with van der Waals surface area (Å²) in [5.74, 6) is 0.0150. The van der Waals surface area contributed by atoms with Gasteiger partial charge >= 0.3 is 0 Å². The Labute approximate surface area is 145 Å². The molecule has 1 aliphatic rings. The van der Waals surface area contributed by atoms with Crippen LogP contribution in [0.1, 0.15) is 74.2 Å². The molecule has 1 aliphatic carbocycles. The lowest BCUT2D eigenvalue weighted by Crippen LogP contribution is -2.40. The Kier molecular flexibility index (Phi) is 7.44. The van der Waals surface area contributed by atoms with E-state index in [1.165, 1.54) is 18.4 Å². The Balaban J connectivity index is 1.72. The lowest BCUT2D eigenvalue weighted by Gasteiger charge is -2.26. The molecule has 0 saturated heterocycles. The van der Waals surface area contributed by atoms with Gasteiger partial charge in [-0.1, -0.05) is 37.6 Å². The van der Waals surface area contributed by atoms with Crippen molar-refractivity contribution in [3.05, 3.63) is 35.4 Å². The van der Waals surface area contributed by atoms with Gasteiger partial charge in [-0.25, -0.2) is 0 Å². The van der Waals surface area contributed by atoms with Gasteiger partial charge in [-0.3, -0.25) is 9.59 Å². The molecule has 3 N–H and O–H groups in total. The maximum absolute atomic E-state index is 12.2. The van der Waals surface area contributed by atoms with E-state index in [-0.39, 0.29) is 36.6 Å². The highest BCUT2D eigenvalue weighted by Crippen LogP contribution is 2.17. The molecule has 1 aromatic rings. The van der Waals surface area contributed by atoms with Crippen LogP contribution in [0.15, 0.2) is 24.3 Å². The third-order valence-electron chi connectivity index (χ3n) is 4.81. The summed E-state index contributed by atoms with van der Waals surface area (Å²) in [5.41, 5.74) is 7.84. The van der Waals surface area contributed by atoms with Crippen LogP contribution in [-0.2, 0) is 11.2 Å². The van der Waals surface area contributed by atoms with Crippen molar-refractivity contribution in [2.45, 2.75) is 76.8 Å². The van der Waals surface area contributed by atoms with E-state index in [0.717, 1.165) is 32.1 Å². The molecule has 0 bridgehead atoms. The summed E-state index contributed by atoms with van der Waals surface area (Å²) < 4.78 is 0. The zero-order valence-electron chi connectivity index (χ0n) is 14.7. The van der Waals surface area contributed by atoms with Crippen LogP contribution < -0.4 is 11.1 Å². The highest BCUT2D eigenvalue weighted by Gasteiger charge is 2.20. The normalized spacial score (nSPS) is 20.6. The van der Waals surface area contributed by atoms with Crippen molar-refractivity contribution in [3.8, 4) is 0 Å². The quantitative estimate of drug-likeness (QED) is 0.718. The maximum atomic E-state index is 12.2. The molecule has 4 nitrogen and oxygen atoms in total. The van der Waals surface area contributed by atoms with E-state index < -0.39 is 0 Å². The van der Waals surface area contributed by atoms with Gasteiger partial charge < -0.3 is 11.1 Å². The van der Waals surface area contributed by atoms with Crippen LogP contribution >= 0.6 is 0 Å². The summed E-state index contributed by atoms with van der Waals surface area (Å²) >= 11 is 0. The molecule has 0 aromatic heterocycles. The van der Waals surface area contributed by atoms with Gasteiger partial charge in [0.1, 0.15) is 0 Å². The number of rotatable bonds is 8. The number of nitrogens with two attached hydrogens (primary N) is 1. The number of carbonyl (C=O) groups excluding carboxylic acids is 2. The topological polar surface area (TPSA) is 72.2 Å². The molecule has 0 aliphatic heterocycles. The fourth-order valence-corrected chi connectivity index (χ4v) is 3.17. The predicted molar refractivity (Wildman–Crippen MR) is 97.0 cm³/mol. The highest BCUT2D eigenvalue weighted by molar-refractivity contribution is 5.98. The molecule has 1 saturated carbocycles. The minimum atomic E-state index is -0.0246. The van der Waals surface area contributed by atoms with Gasteiger partial charge in [0.15, 0.2) is 5.78 Å². The van der Waals surface area contributed by atoms with E-state index in [9.17, 15) is 9.59 Å². The number of Topliss-reactive ketones (excluding diaryl/α,β-unsaturated/α-hetero) is 1. The molecular formula is C20H30N2O2. The lowest BCUT2D eigenvalue weighted by molar-refractivity contribution is -0.122. The maximum Gasteiger partial charge on any atom is 0.220 e. The molecule has 2 rings (SSSR count). The first-order chi connectivity index (χ1) is 11.6. The number of nitrogens with one attached hydrogen (secondary N) is 1. The van der Waals surface area contributed by atoms with Crippen LogP contribution in [0.2, 0.25) is 0 Å². The fourth-order valence-electron chi connectivity index (χ4n) is 3.17. The molecule has 132 valence electrons. The molecule has 24 heavy (non-hydrogen) atoms. The first-order valence-corrected chi connectivity index (χ1v) is 9.25. The van der Waals surface area contributed by atoms with Gasteiger partial charge in [0.25, 0.3) is 0 Å². The average Bonchev–Trinajstić information content (AvgIpc) is 2.60. The molecule has 0 radical (unpaired) electrons. The van der Waals surface area contributed by atoms with E-state index in [2.05, 4.69) is 12.2 Å². The second-order valence-electron chi connectivity index (χ2n) is 6.90. The Bertz CT molecular complexity index is 531. The monoisotopic (exact) mass is 330 g/mol. The SMILES string of the molecule is CCCCc1ccc(C(=O)CCC(=O)NC2CCC(N)CC2)cc1. The first kappa shape index (κ1) is 18.7. The van der Waals surface area contributed by atoms with Gasteiger partial charge in [0.2, 0.25) is 5.91 Å². The molecule has 1 amide bonds. The number of carbonyl (C=O) groups is 2. The van der Waals surface area contributed by atoms with Crippen LogP contribution in [0, 0.1) is 0 Å². The number of hydrogen-bond donors (Lipinski definition) is 2. The summed E-state index contributed by atoms with van der Waals surface area (Å²) in [6, 6.07) is 8.31. The number of benzene rings is 1. The van der Waals surface area contributed by atoms with Crippen molar-refractivity contribution in [1.82, 2.24) is 5.32 Å². The van der Waals surface area contributed by atoms with Crippen molar-refractivity contribution in [1.29, 1.82) is 0 Å². The third kappa shape index (κ3) is 6.08. The Morgan fingerprint density at radius 1 is 1.08 bits per heavy atom. The summed E-state index contributed by atoms with van der Waals surface area (Å²) in [5, 5.41) is 3.03. The lowest BCUT2D eigenvalue weighted by atomic mass is 9.91. The van der Waals surface area contributed by atoms with Crippen molar-refractivity contribution in [3.63, 3.8) is 0 Å². The molecular weight excluding hydrogens is 300 g/mol. The Hall–Kier alpha value is -1.68. The minimum absolute atomic E-state index is 0.0246. The van der Waals surface area contributed by atoms with Crippen LogP contribution in [0.3, 0.4) is 0 Å². The molecule has 4 heteroatoms. The van der Waals surface area contributed by atoms with Gasteiger partial charge in [0.05, 0.1) is 0 Å². The predicted octanol–water partition coefficient (Wildman–Crippen LogP) is 3.38. The number of aryl methyl sites for hydroxylation is 1. The molecule has 1 fully saturated rings. The van der Waals surface area contributed by atoms with Crippen LogP contribution in [-0.4, -0.2) is 23.8 Å². The number of ketones is 1. The van der Waals surface area contributed by atoms with E-state index >= 15 is 0 Å². The van der Waals surface area contributed by atoms with Gasteiger partial charge in [-0.05, 0) is 44.1 Å². The molecule has 0 unspecified atom stereocenters. The summed E-state index contributed by atoms with van der Waals surface area (Å²) in [6.45, 7) is 2.17. The highest BCUT2D eigenvalue weighted by atomic mass is 16.2. The van der Waals surface area contributed by atoms with Gasteiger partial charge in [0, 0.05) is 30.5 Å². The number of unbranched alkanes of at least 4 members (excludes halogenated alkanes) is 1. The smallest absolute Gasteiger partial charge is 0.220 e. The number of amides is 1. The van der Waals surface area contributed by atoms with Gasteiger partial charge in [-0.2, -0.15) is 0 Å². The van der Waals surface area contributed by atoms with Gasteiger partial charge in [-0.15, -0.1) is 0 Å². The van der Waals surface area contributed by atoms with Crippen LogP contribution in [0.5, 0.6) is 0 Å². The largest absolute Gasteiger partial charge is 0.353 e. The van der Waals surface area contributed by atoms with Crippen molar-refractivity contribution in [2.24, 2.45) is 5.73 Å². The number of hydrogen-bond acceptors (Lipinski definition) is 3. The summed E-state index contributed by atoms with van der Waals surface area (Å²) in [4.78, 5) is 24.2. The van der Waals surface area contributed by atoms with Crippen LogP contribution in [0.25, 0.3) is 0 Å². The molecule has 1 aromatic carbocycles. The minimum Gasteiger partial charge on any atom is -0.353 e. The zero-order valence-corrected chi connectivity index (χ0v) is 14.7. The Morgan fingerprint density at radius 2 is 1.75 bits per heavy atom. The standard InChI is InChI=1S/C20H30N2O2/c1-2-3-4-15-5-7-16(8-6-15)19(23)13-14-20(24)22-18-11-9-17(21)10-12-18/h5-8,17-18H,2-4,9-14,21H2,1H3,(H,22,24). The fraction of sp³-hybridized carbons (Fsp3) is 0.600. The molecule has 0 spiro atoms. The zero-order chi connectivity index (χ0) is 17.4. The van der Waals surface area contributed by atoms with E-state index in [1.807, 2.05) is 24.3 Å². The van der Waals surface area contributed by atoms with E-state index in [4.69, 9.17) is 5.73 Å². The third-order valence-corrected chi connectivity index (χ3v) is 4.81. The summed E-state index contributed by atoms with van der Waals surface area (Å²) in [6.07, 6.45) is 7.74. The van der Waals surface area contributed by atoms with E-state index in [0.29, 0.717) is 5.56 Å². The van der Waals surface area contributed by atoms with E-state index in [1.54, 1.807) is 0 Å². The molecule has 0 atom stereocenters. The summed E-state index contributed by atoms with van der Waals surface area (Å²) in [7, 11) is 0. The van der Waals surface area contributed by atoms with Crippen molar-refractivity contribution < 1.29 is 9.59 Å². The second-order valence-corrected chi connectivity index (χ2v) is 6.90. The first-order valence-electron chi connectivity index (χ1n) is 9.25. The van der Waals surface area contributed by atoms with Crippen LogP contribution in [0.4, 0.5) is 0 Å². The van der Waals surface area contributed by atoms with Crippen molar-refractivity contribution >= 4 is 11.7 Å². The van der Waals surface area contributed by atoms with Crippen molar-refractivity contribution in [2.75, 3.05) is 0 Å². The molecule has 0 heterocycles.